The Morgan fingerprint density at radius 3 is 1.82 bits per heavy atom. The molecule has 87 heavy (non-hydrogen) atoms. The van der Waals surface area contributed by atoms with Crippen molar-refractivity contribution >= 4 is 61.7 Å². The Kier molecular flexibility index (Phi) is 7.22. The summed E-state index contributed by atoms with van der Waals surface area (Å²) in [5.41, 5.74) is -14.7. The van der Waals surface area contributed by atoms with Crippen LogP contribution in [0.15, 0.2) is 285 Å². The van der Waals surface area contributed by atoms with E-state index in [0.717, 1.165) is 26.8 Å². The van der Waals surface area contributed by atoms with Gasteiger partial charge in [0.05, 0.1) is 51.3 Å². The Hall–Kier alpha value is -10.1. The van der Waals surface area contributed by atoms with Crippen molar-refractivity contribution < 1.29 is 53.2 Å². The number of pyridine rings is 1. The van der Waals surface area contributed by atoms with Crippen LogP contribution in [0.3, 0.4) is 0 Å². The predicted molar refractivity (Wildman–Crippen MR) is 362 cm³/mol. The minimum absolute atomic E-state index is 0.0524. The van der Waals surface area contributed by atoms with Crippen molar-refractivity contribution in [3.63, 3.8) is 0 Å². The number of aryl methyl sites for hydroxylation is 1. The highest BCUT2D eigenvalue weighted by molar-refractivity contribution is 7.20. The van der Waals surface area contributed by atoms with Crippen molar-refractivity contribution in [3.05, 3.63) is 308 Å². The summed E-state index contributed by atoms with van der Waals surface area (Å²) in [6.07, 6.45) is -4.88. The van der Waals surface area contributed by atoms with E-state index in [1.807, 2.05) is 72.8 Å². The van der Waals surface area contributed by atoms with E-state index in [9.17, 15) is 12.3 Å². The zero-order valence-electron chi connectivity index (χ0n) is 77.8. The maximum absolute atomic E-state index is 10.3. The van der Waals surface area contributed by atoms with E-state index in [1.54, 1.807) is 59.2 Å². The average molecular weight is 1170 g/mol. The van der Waals surface area contributed by atoms with Gasteiger partial charge in [-0.05, 0) is 138 Å². The van der Waals surface area contributed by atoms with Gasteiger partial charge in [0.2, 0.25) is 0 Å². The molecular formula is C81H66N4OSi. The molecule has 0 spiro atoms. The van der Waals surface area contributed by atoms with E-state index in [0.29, 0.717) is 21.8 Å². The van der Waals surface area contributed by atoms with Crippen LogP contribution in [0, 0.1) is 13.2 Å². The van der Waals surface area contributed by atoms with Gasteiger partial charge in [-0.1, -0.05) is 258 Å². The third-order valence-electron chi connectivity index (χ3n) is 15.9. The number of rotatable bonds is 12. The normalized spacial score (nSPS) is 20.9. The topological polar surface area (TPSA) is 35.9 Å². The molecule has 0 amide bonds. The van der Waals surface area contributed by atoms with E-state index >= 15 is 0 Å². The largest absolute Gasteiger partial charge is 0.458 e. The first kappa shape index (κ1) is 29.3. The smallest absolute Gasteiger partial charge is 0.269 e. The molecule has 0 saturated heterocycles. The highest BCUT2D eigenvalue weighted by Crippen LogP contribution is 2.48. The second-order valence-corrected chi connectivity index (χ2v) is 24.8. The van der Waals surface area contributed by atoms with Gasteiger partial charge in [0.25, 0.3) is 6.33 Å². The molecule has 15 rings (SSSR count). The maximum atomic E-state index is 10.3. The SMILES string of the molecule is [2H]c1c([2H])c([2H])c(-c2cnc(-n3c4ccc([Si](c5ccccc5)(c5ccccc5)c5ccccc5)cc4c4ccc(Oc5cccc(-n6[c-][n+](-c7c(-c8c([2H])c([2H])c([2H])c([2H])c8[2H])cccc7-c7c([2H])c([2H])c8c(c7[2H])C(C([2H])([2H])[2H])(C([2H])([2H])[2H])C([2H])([2H])C([2H])([2H])C8(C([2H])([2H])[2H])C([2H])([2H])[2H])c7ccccc76)c5)cc43)cc2C([2H])([2H])[2H])c([2H])c1[2H]. The van der Waals surface area contributed by atoms with Crippen LogP contribution in [0.2, 0.25) is 0 Å². The summed E-state index contributed by atoms with van der Waals surface area (Å²) in [6, 6.07) is 47.5. The van der Waals surface area contributed by atoms with Crippen molar-refractivity contribution in [1.82, 2.24) is 14.1 Å². The van der Waals surface area contributed by atoms with E-state index in [-0.39, 0.29) is 56.3 Å². The van der Waals surface area contributed by atoms with Gasteiger partial charge in [0.15, 0.2) is 8.07 Å². The Labute approximate surface area is 555 Å². The van der Waals surface area contributed by atoms with Crippen molar-refractivity contribution in [2.45, 2.75) is 57.8 Å². The molecule has 0 aliphatic heterocycles. The van der Waals surface area contributed by atoms with Crippen LogP contribution in [0.4, 0.5) is 0 Å². The number of imidazole rings is 1. The number of hydrogen-bond donors (Lipinski definition) is 0. The maximum Gasteiger partial charge on any atom is 0.269 e. The molecule has 0 saturated carbocycles. The fourth-order valence-electron chi connectivity index (χ4n) is 12.0. The van der Waals surface area contributed by atoms with Crippen LogP contribution in [0.5, 0.6) is 11.5 Å². The number of ether oxygens (including phenoxy) is 1. The van der Waals surface area contributed by atoms with E-state index in [2.05, 4.69) is 48.8 Å². The molecule has 0 fully saturated rings. The monoisotopic (exact) mass is 1170 g/mol. The molecule has 5 nitrogen and oxygen atoms in total. The van der Waals surface area contributed by atoms with Crippen LogP contribution in [0.25, 0.3) is 83.4 Å². The van der Waals surface area contributed by atoms with Gasteiger partial charge in [-0.2, -0.15) is 0 Å². The minimum atomic E-state index is -4.67. The fraction of sp³-hybridized carbons (Fsp3) is 0.111. The molecule has 1 aliphatic carbocycles. The summed E-state index contributed by atoms with van der Waals surface area (Å²) in [5, 5.41) is 5.49. The van der Waals surface area contributed by atoms with Crippen LogP contribution in [0.1, 0.15) is 101 Å². The van der Waals surface area contributed by atoms with Gasteiger partial charge in [-0.15, -0.1) is 0 Å². The van der Waals surface area contributed by atoms with Gasteiger partial charge in [0.1, 0.15) is 17.3 Å². The molecule has 1 aliphatic rings. The summed E-state index contributed by atoms with van der Waals surface area (Å²) in [4.78, 5) is 4.87. The first-order valence-corrected chi connectivity index (χ1v) is 29.6. The number of aromatic nitrogens is 4. The molecular weight excluding hydrogens is 1070 g/mol. The van der Waals surface area contributed by atoms with Gasteiger partial charge in [-0.3, -0.25) is 13.7 Å². The first-order valence-electron chi connectivity index (χ1n) is 43.6. The summed E-state index contributed by atoms with van der Waals surface area (Å²) < 4.78 is 302. The summed E-state index contributed by atoms with van der Waals surface area (Å²) in [7, 11) is -3.26. The lowest BCUT2D eigenvalue weighted by Crippen LogP contribution is -2.74. The standard InChI is InChI=1S/C81H66N4OSi/c1-56-49-78(82-54-71(56)58-27-13-7-14-28-58)85-74-46-43-66(87(63-31-15-8-16-32-63,64-33-17-9-18-34-64)65-35-19-10-20-36-65)53-70(74)69-44-42-62(52-77(69)85)86-61-30-23-29-60(51-61)83-55-84(76-40-22-21-39-75(76)83)79-67(57-25-11-6-12-26-57)37-24-38-68(79)59-41-45-72-73(50-59)81(4,5)48-47-80(72,2)3/h6-46,49-54H,47-48H2,1-5H3/i1D3,2D3,3D3,4D3,5D3,6D,7D,11D,12D,13D,14D,25D,26D,27D,28D,41D,45D,47D2,48D2,50D. The van der Waals surface area contributed by atoms with Gasteiger partial charge in [-0.25, -0.2) is 4.98 Å². The highest BCUT2D eigenvalue weighted by atomic mass is 28.3. The Bertz CT molecular complexity index is 6330. The lowest BCUT2D eigenvalue weighted by atomic mass is 9.63. The molecule has 3 heterocycles. The zero-order chi connectivity index (χ0) is 86.3. The third kappa shape index (κ3) is 9.22. The van der Waals surface area contributed by atoms with Crippen LogP contribution >= 0.6 is 0 Å². The van der Waals surface area contributed by atoms with E-state index in [4.69, 9.17) is 41.2 Å². The fourth-order valence-corrected chi connectivity index (χ4v) is 16.8. The van der Waals surface area contributed by atoms with Gasteiger partial charge in [0, 0.05) is 54.6 Å². The molecule has 6 heteroatoms. The van der Waals surface area contributed by atoms with Crippen molar-refractivity contribution in [3.8, 4) is 62.1 Å². The minimum Gasteiger partial charge on any atom is -0.458 e. The van der Waals surface area contributed by atoms with Crippen LogP contribution < -0.4 is 30.1 Å². The molecule has 0 atom stereocenters. The Balaban J connectivity index is 0.961. The highest BCUT2D eigenvalue weighted by Gasteiger charge is 2.42. The average Bonchev–Trinajstić information content (AvgIpc) is 0.985. The first-order chi connectivity index (χ1) is 55.7. The van der Waals surface area contributed by atoms with Crippen LogP contribution in [-0.2, 0) is 10.8 Å². The van der Waals surface area contributed by atoms with Crippen molar-refractivity contribution in [2.24, 2.45) is 0 Å². The zero-order valence-corrected chi connectivity index (χ0v) is 46.8. The number of hydrogen-bond acceptors (Lipinski definition) is 2. The van der Waals surface area contributed by atoms with E-state index < -0.39 is 178 Å². The van der Waals surface area contributed by atoms with E-state index in [1.165, 1.54) is 39.6 Å². The molecule has 0 N–H and O–H groups in total. The molecule has 11 aromatic carbocycles. The molecule has 3 aromatic heterocycles. The lowest BCUT2D eigenvalue weighted by Gasteiger charge is -2.42. The summed E-state index contributed by atoms with van der Waals surface area (Å²) in [6.45, 7) is -20.5. The summed E-state index contributed by atoms with van der Waals surface area (Å²) >= 11 is 0. The predicted octanol–water partition coefficient (Wildman–Crippen LogP) is 17.0. The number of benzene rings is 11. The lowest BCUT2D eigenvalue weighted by molar-refractivity contribution is -0.571. The third-order valence-corrected chi connectivity index (χ3v) is 20.6. The number of nitrogens with zero attached hydrogens (tertiary/aromatic N) is 4. The van der Waals surface area contributed by atoms with Gasteiger partial charge >= 0.3 is 0 Å². The molecule has 0 bridgehead atoms. The van der Waals surface area contributed by atoms with Crippen LogP contribution in [-0.4, -0.2) is 22.2 Å². The van der Waals surface area contributed by atoms with Crippen molar-refractivity contribution in [1.29, 1.82) is 0 Å². The van der Waals surface area contributed by atoms with Gasteiger partial charge < -0.3 is 4.74 Å². The second-order valence-electron chi connectivity index (χ2n) is 21.0. The Morgan fingerprint density at radius 1 is 0.517 bits per heavy atom. The Morgan fingerprint density at radius 2 is 1.14 bits per heavy atom. The molecule has 0 radical (unpaired) electrons. The summed E-state index contributed by atoms with van der Waals surface area (Å²) in [5.74, 6) is 0.393. The molecule has 14 aromatic rings. The van der Waals surface area contributed by atoms with Crippen molar-refractivity contribution in [2.75, 3.05) is 0 Å². The number of para-hydroxylation sites is 3. The quantitative estimate of drug-likeness (QED) is 0.0529. The molecule has 0 unspecified atom stereocenters. The second kappa shape index (κ2) is 21.4. The molecule has 420 valence electrons. The number of fused-ring (bicyclic) bond motifs is 5.